The van der Waals surface area contributed by atoms with E-state index in [0.29, 0.717) is 0 Å². The van der Waals surface area contributed by atoms with Crippen LogP contribution in [0.15, 0.2) is 22.7 Å². The second-order valence-corrected chi connectivity index (χ2v) is 6.28. The van der Waals surface area contributed by atoms with Gasteiger partial charge in [-0.25, -0.2) is 0 Å². The van der Waals surface area contributed by atoms with Crippen LogP contribution in [0.3, 0.4) is 0 Å². The standard InChI is InChI=1S/C14H18BrNO2/c1-14(10-16-4-6-17-7-5-16)9-11-8-12(15)2-3-13(11)18-14/h2-3,8H,4-7,9-10H2,1H3. The molecule has 2 aliphatic heterocycles. The molecule has 0 aromatic heterocycles. The zero-order valence-electron chi connectivity index (χ0n) is 10.6. The summed E-state index contributed by atoms with van der Waals surface area (Å²) in [5.41, 5.74) is 1.21. The third kappa shape index (κ3) is 2.56. The highest BCUT2D eigenvalue weighted by Gasteiger charge is 2.36. The average molecular weight is 312 g/mol. The van der Waals surface area contributed by atoms with E-state index in [1.807, 2.05) is 6.07 Å². The minimum Gasteiger partial charge on any atom is -0.486 e. The van der Waals surface area contributed by atoms with Gasteiger partial charge in [0.15, 0.2) is 0 Å². The van der Waals surface area contributed by atoms with Crippen molar-refractivity contribution in [2.75, 3.05) is 32.8 Å². The van der Waals surface area contributed by atoms with Crippen LogP contribution in [0.4, 0.5) is 0 Å². The smallest absolute Gasteiger partial charge is 0.123 e. The Labute approximate surface area is 116 Å². The van der Waals surface area contributed by atoms with Crippen LogP contribution in [-0.4, -0.2) is 43.3 Å². The highest BCUT2D eigenvalue weighted by Crippen LogP contribution is 2.37. The van der Waals surface area contributed by atoms with Crippen molar-refractivity contribution in [3.05, 3.63) is 28.2 Å². The molecule has 0 radical (unpaired) electrons. The van der Waals surface area contributed by atoms with Gasteiger partial charge in [0.2, 0.25) is 0 Å². The highest BCUT2D eigenvalue weighted by molar-refractivity contribution is 9.10. The van der Waals surface area contributed by atoms with E-state index in [1.54, 1.807) is 0 Å². The number of rotatable bonds is 2. The Hall–Kier alpha value is -0.580. The molecular weight excluding hydrogens is 294 g/mol. The zero-order chi connectivity index (χ0) is 12.6. The molecule has 98 valence electrons. The Balaban J connectivity index is 1.70. The lowest BCUT2D eigenvalue weighted by molar-refractivity contribution is -0.00258. The first kappa shape index (κ1) is 12.5. The third-order valence-corrected chi connectivity index (χ3v) is 4.10. The fourth-order valence-electron chi connectivity index (χ4n) is 2.81. The van der Waals surface area contributed by atoms with E-state index in [-0.39, 0.29) is 5.60 Å². The number of benzene rings is 1. The monoisotopic (exact) mass is 311 g/mol. The van der Waals surface area contributed by atoms with Crippen LogP contribution in [0.25, 0.3) is 0 Å². The Kier molecular flexibility index (Phi) is 3.34. The van der Waals surface area contributed by atoms with E-state index in [9.17, 15) is 0 Å². The summed E-state index contributed by atoms with van der Waals surface area (Å²) in [6.07, 6.45) is 0.985. The number of ether oxygens (including phenoxy) is 2. The molecule has 2 heterocycles. The van der Waals surface area contributed by atoms with Crippen molar-refractivity contribution >= 4 is 15.9 Å². The molecule has 0 bridgehead atoms. The van der Waals surface area contributed by atoms with Crippen molar-refractivity contribution in [2.24, 2.45) is 0 Å². The largest absolute Gasteiger partial charge is 0.486 e. The van der Waals surface area contributed by atoms with Crippen LogP contribution >= 0.6 is 15.9 Å². The minimum atomic E-state index is -0.0968. The number of nitrogens with zero attached hydrogens (tertiary/aromatic N) is 1. The maximum absolute atomic E-state index is 6.15. The second-order valence-electron chi connectivity index (χ2n) is 5.37. The number of hydrogen-bond donors (Lipinski definition) is 0. The Morgan fingerprint density at radius 3 is 2.89 bits per heavy atom. The predicted octanol–water partition coefficient (Wildman–Crippen LogP) is 2.47. The Bertz CT molecular complexity index is 445. The number of halogens is 1. The molecule has 0 aliphatic carbocycles. The summed E-state index contributed by atoms with van der Waals surface area (Å²) in [6, 6.07) is 6.27. The van der Waals surface area contributed by atoms with E-state index in [4.69, 9.17) is 9.47 Å². The van der Waals surface area contributed by atoms with Crippen molar-refractivity contribution < 1.29 is 9.47 Å². The van der Waals surface area contributed by atoms with Gasteiger partial charge in [0, 0.05) is 30.5 Å². The van der Waals surface area contributed by atoms with Crippen LogP contribution in [-0.2, 0) is 11.2 Å². The Morgan fingerprint density at radius 1 is 1.33 bits per heavy atom. The quantitative estimate of drug-likeness (QED) is 0.837. The lowest BCUT2D eigenvalue weighted by Crippen LogP contribution is -2.48. The van der Waals surface area contributed by atoms with Gasteiger partial charge in [-0.3, -0.25) is 4.90 Å². The molecule has 3 rings (SSSR count). The van der Waals surface area contributed by atoms with E-state index >= 15 is 0 Å². The molecule has 1 unspecified atom stereocenters. The van der Waals surface area contributed by atoms with Gasteiger partial charge in [-0.15, -0.1) is 0 Å². The highest BCUT2D eigenvalue weighted by atomic mass is 79.9. The fourth-order valence-corrected chi connectivity index (χ4v) is 3.22. The van der Waals surface area contributed by atoms with E-state index in [1.165, 1.54) is 5.56 Å². The lowest BCUT2D eigenvalue weighted by atomic mass is 9.98. The topological polar surface area (TPSA) is 21.7 Å². The van der Waals surface area contributed by atoms with Crippen molar-refractivity contribution in [2.45, 2.75) is 18.9 Å². The first-order valence-electron chi connectivity index (χ1n) is 6.42. The molecule has 2 aliphatic rings. The maximum atomic E-state index is 6.15. The second kappa shape index (κ2) is 4.83. The molecule has 3 nitrogen and oxygen atoms in total. The lowest BCUT2D eigenvalue weighted by Gasteiger charge is -2.34. The molecule has 1 atom stereocenters. The molecule has 0 amide bonds. The first-order chi connectivity index (χ1) is 8.65. The van der Waals surface area contributed by atoms with Crippen molar-refractivity contribution in [1.29, 1.82) is 0 Å². The van der Waals surface area contributed by atoms with Crippen LogP contribution in [0.5, 0.6) is 5.75 Å². The van der Waals surface area contributed by atoms with E-state index < -0.39 is 0 Å². The van der Waals surface area contributed by atoms with Crippen LogP contribution < -0.4 is 4.74 Å². The summed E-state index contributed by atoms with van der Waals surface area (Å²) in [7, 11) is 0. The van der Waals surface area contributed by atoms with E-state index in [2.05, 4.69) is 39.9 Å². The zero-order valence-corrected chi connectivity index (χ0v) is 12.2. The van der Waals surface area contributed by atoms with Gasteiger partial charge in [-0.1, -0.05) is 15.9 Å². The fraction of sp³-hybridized carbons (Fsp3) is 0.571. The molecular formula is C14H18BrNO2. The number of fused-ring (bicyclic) bond motifs is 1. The molecule has 0 saturated carbocycles. The van der Waals surface area contributed by atoms with Crippen LogP contribution in [0, 0.1) is 0 Å². The number of morpholine rings is 1. The van der Waals surface area contributed by atoms with Gasteiger partial charge in [-0.05, 0) is 30.7 Å². The molecule has 4 heteroatoms. The van der Waals surface area contributed by atoms with Gasteiger partial charge < -0.3 is 9.47 Å². The third-order valence-electron chi connectivity index (χ3n) is 3.61. The Morgan fingerprint density at radius 2 is 2.11 bits per heavy atom. The normalized spacial score (nSPS) is 27.9. The van der Waals surface area contributed by atoms with Gasteiger partial charge in [0.1, 0.15) is 11.4 Å². The van der Waals surface area contributed by atoms with Gasteiger partial charge in [0.05, 0.1) is 13.2 Å². The maximum Gasteiger partial charge on any atom is 0.123 e. The SMILES string of the molecule is CC1(CN2CCOCC2)Cc2cc(Br)ccc2O1. The molecule has 1 saturated heterocycles. The molecule has 0 N–H and O–H groups in total. The van der Waals surface area contributed by atoms with Gasteiger partial charge in [0.25, 0.3) is 0 Å². The summed E-state index contributed by atoms with van der Waals surface area (Å²) in [5, 5.41) is 0. The first-order valence-corrected chi connectivity index (χ1v) is 7.21. The molecule has 1 aromatic rings. The van der Waals surface area contributed by atoms with Crippen LogP contribution in [0.2, 0.25) is 0 Å². The average Bonchev–Trinajstić information content (AvgIpc) is 2.65. The molecule has 1 aromatic carbocycles. The summed E-state index contributed by atoms with van der Waals surface area (Å²) in [4.78, 5) is 2.43. The minimum absolute atomic E-state index is 0.0968. The van der Waals surface area contributed by atoms with Crippen LogP contribution in [0.1, 0.15) is 12.5 Å². The molecule has 1 fully saturated rings. The molecule has 18 heavy (non-hydrogen) atoms. The van der Waals surface area contributed by atoms with Crippen molar-refractivity contribution in [3.63, 3.8) is 0 Å². The predicted molar refractivity (Wildman–Crippen MR) is 74.1 cm³/mol. The van der Waals surface area contributed by atoms with Gasteiger partial charge >= 0.3 is 0 Å². The van der Waals surface area contributed by atoms with Crippen molar-refractivity contribution in [3.8, 4) is 5.75 Å². The van der Waals surface area contributed by atoms with Crippen molar-refractivity contribution in [1.82, 2.24) is 4.90 Å². The summed E-state index contributed by atoms with van der Waals surface area (Å²) < 4.78 is 12.7. The van der Waals surface area contributed by atoms with E-state index in [0.717, 1.165) is 49.5 Å². The summed E-state index contributed by atoms with van der Waals surface area (Å²) >= 11 is 3.52. The number of hydrogen-bond acceptors (Lipinski definition) is 3. The van der Waals surface area contributed by atoms with Gasteiger partial charge in [-0.2, -0.15) is 0 Å². The summed E-state index contributed by atoms with van der Waals surface area (Å²) in [5.74, 6) is 1.04. The molecule has 0 spiro atoms. The summed E-state index contributed by atoms with van der Waals surface area (Å²) in [6.45, 7) is 6.89.